The van der Waals surface area contributed by atoms with E-state index in [-0.39, 0.29) is 11.6 Å². The van der Waals surface area contributed by atoms with E-state index in [1.165, 1.54) is 7.05 Å². The summed E-state index contributed by atoms with van der Waals surface area (Å²) < 4.78 is 38.9. The van der Waals surface area contributed by atoms with Gasteiger partial charge in [0.25, 0.3) is 0 Å². The summed E-state index contributed by atoms with van der Waals surface area (Å²) in [5, 5.41) is 8.68. The topological polar surface area (TPSA) is 74.7 Å². The second-order valence-electron chi connectivity index (χ2n) is 4.20. The Morgan fingerprint density at radius 2 is 2.06 bits per heavy atom. The third kappa shape index (κ3) is 2.23. The summed E-state index contributed by atoms with van der Waals surface area (Å²) in [6, 6.07) is 2.72. The van der Waals surface area contributed by atoms with E-state index in [1.807, 2.05) is 0 Å². The first kappa shape index (κ1) is 13.0. The van der Waals surface area contributed by atoms with Gasteiger partial charge in [-0.25, -0.2) is 17.6 Å². The number of carboxylic acid groups (broad SMARTS) is 1. The molecule has 1 fully saturated rings. The van der Waals surface area contributed by atoms with Crippen LogP contribution in [0.4, 0.5) is 4.39 Å². The molecular weight excluding hydrogens is 261 g/mol. The van der Waals surface area contributed by atoms with Crippen molar-refractivity contribution in [3.05, 3.63) is 29.6 Å². The summed E-state index contributed by atoms with van der Waals surface area (Å²) in [7, 11) is -2.48. The Bertz CT molecular complexity index is 595. The van der Waals surface area contributed by atoms with Gasteiger partial charge in [-0.15, -0.1) is 0 Å². The van der Waals surface area contributed by atoms with Crippen molar-refractivity contribution in [3.8, 4) is 0 Å². The van der Waals surface area contributed by atoms with Gasteiger partial charge in [0.15, 0.2) is 0 Å². The number of hydrogen-bond acceptors (Lipinski definition) is 3. The van der Waals surface area contributed by atoms with Crippen molar-refractivity contribution in [3.63, 3.8) is 0 Å². The van der Waals surface area contributed by atoms with Crippen molar-refractivity contribution >= 4 is 16.0 Å². The first-order chi connectivity index (χ1) is 8.34. The molecule has 0 saturated heterocycles. The first-order valence-electron chi connectivity index (χ1n) is 5.35. The fourth-order valence-electron chi connectivity index (χ4n) is 1.63. The third-order valence-corrected chi connectivity index (χ3v) is 4.84. The van der Waals surface area contributed by atoms with Gasteiger partial charge in [-0.05, 0) is 31.0 Å². The molecule has 7 heteroatoms. The number of sulfonamides is 1. The van der Waals surface area contributed by atoms with Crippen LogP contribution in [-0.2, 0) is 10.0 Å². The Hall–Kier alpha value is -1.47. The van der Waals surface area contributed by atoms with Gasteiger partial charge in [0.1, 0.15) is 10.7 Å². The SMILES string of the molecule is CN(C1CC1)S(=O)(=O)c1ccc(C(=O)O)cc1F. The van der Waals surface area contributed by atoms with Crippen LogP contribution in [0.2, 0.25) is 0 Å². The predicted octanol–water partition coefficient (Wildman–Crippen LogP) is 1.31. The van der Waals surface area contributed by atoms with Crippen LogP contribution >= 0.6 is 0 Å². The van der Waals surface area contributed by atoms with E-state index in [2.05, 4.69) is 0 Å². The van der Waals surface area contributed by atoms with Crippen LogP contribution in [0.5, 0.6) is 0 Å². The molecule has 0 unspecified atom stereocenters. The lowest BCUT2D eigenvalue weighted by Gasteiger charge is -2.16. The van der Waals surface area contributed by atoms with Crippen LogP contribution in [0.1, 0.15) is 23.2 Å². The van der Waals surface area contributed by atoms with Crippen molar-refractivity contribution in [2.45, 2.75) is 23.8 Å². The highest BCUT2D eigenvalue weighted by Gasteiger charge is 2.36. The number of nitrogens with zero attached hydrogens (tertiary/aromatic N) is 1. The molecule has 5 nitrogen and oxygen atoms in total. The van der Waals surface area contributed by atoms with Gasteiger partial charge in [0.2, 0.25) is 10.0 Å². The van der Waals surface area contributed by atoms with Crippen LogP contribution < -0.4 is 0 Å². The van der Waals surface area contributed by atoms with Crippen molar-refractivity contribution in [1.29, 1.82) is 0 Å². The molecule has 0 aliphatic heterocycles. The highest BCUT2D eigenvalue weighted by molar-refractivity contribution is 7.89. The fourth-order valence-corrected chi connectivity index (χ4v) is 3.09. The molecule has 0 bridgehead atoms. The minimum atomic E-state index is -3.88. The van der Waals surface area contributed by atoms with E-state index in [1.54, 1.807) is 0 Å². The number of carbonyl (C=O) groups is 1. The Balaban J connectivity index is 2.41. The maximum absolute atomic E-state index is 13.7. The number of hydrogen-bond donors (Lipinski definition) is 1. The zero-order chi connectivity index (χ0) is 13.5. The molecule has 98 valence electrons. The molecule has 18 heavy (non-hydrogen) atoms. The molecular formula is C11H12FNO4S. The van der Waals surface area contributed by atoms with Crippen molar-refractivity contribution in [1.82, 2.24) is 4.31 Å². The monoisotopic (exact) mass is 273 g/mol. The van der Waals surface area contributed by atoms with Gasteiger partial charge in [-0.1, -0.05) is 0 Å². The van der Waals surface area contributed by atoms with E-state index in [9.17, 15) is 17.6 Å². The molecule has 1 N–H and O–H groups in total. The second kappa shape index (κ2) is 4.33. The lowest BCUT2D eigenvalue weighted by Crippen LogP contribution is -2.29. The molecule has 1 aromatic rings. The van der Waals surface area contributed by atoms with Gasteiger partial charge in [0.05, 0.1) is 5.56 Å². The smallest absolute Gasteiger partial charge is 0.335 e. The minimum absolute atomic E-state index is 0.0754. The fraction of sp³-hybridized carbons (Fsp3) is 0.364. The van der Waals surface area contributed by atoms with Gasteiger partial charge < -0.3 is 5.11 Å². The summed E-state index contributed by atoms with van der Waals surface area (Å²) in [5.41, 5.74) is -0.277. The zero-order valence-electron chi connectivity index (χ0n) is 9.63. The highest BCUT2D eigenvalue weighted by atomic mass is 32.2. The molecule has 1 aromatic carbocycles. The number of halogens is 1. The quantitative estimate of drug-likeness (QED) is 0.897. The first-order valence-corrected chi connectivity index (χ1v) is 6.79. The Labute approximate surface area is 104 Å². The molecule has 0 radical (unpaired) electrons. The van der Waals surface area contributed by atoms with Gasteiger partial charge >= 0.3 is 5.97 Å². The maximum atomic E-state index is 13.7. The number of rotatable bonds is 4. The molecule has 0 spiro atoms. The molecule has 2 rings (SSSR count). The summed E-state index contributed by atoms with van der Waals surface area (Å²) in [5.74, 6) is -2.34. The standard InChI is InChI=1S/C11H12FNO4S/c1-13(8-3-4-8)18(16,17)10-5-2-7(11(14)15)6-9(10)12/h2,5-6,8H,3-4H2,1H3,(H,14,15). The van der Waals surface area contributed by atoms with Crippen molar-refractivity contribution in [2.75, 3.05) is 7.05 Å². The lowest BCUT2D eigenvalue weighted by atomic mass is 10.2. The molecule has 1 aliphatic carbocycles. The maximum Gasteiger partial charge on any atom is 0.335 e. The zero-order valence-corrected chi connectivity index (χ0v) is 10.4. The average molecular weight is 273 g/mol. The van der Waals surface area contributed by atoms with Gasteiger partial charge in [-0.2, -0.15) is 4.31 Å². The lowest BCUT2D eigenvalue weighted by molar-refractivity contribution is 0.0696. The van der Waals surface area contributed by atoms with Crippen LogP contribution in [0.3, 0.4) is 0 Å². The Kier molecular flexibility index (Phi) is 3.12. The van der Waals surface area contributed by atoms with Gasteiger partial charge in [-0.3, -0.25) is 0 Å². The van der Waals surface area contributed by atoms with E-state index < -0.39 is 26.7 Å². The third-order valence-electron chi connectivity index (χ3n) is 2.90. The van der Waals surface area contributed by atoms with Crippen LogP contribution in [0.25, 0.3) is 0 Å². The van der Waals surface area contributed by atoms with E-state index in [0.717, 1.165) is 35.3 Å². The highest BCUT2D eigenvalue weighted by Crippen LogP contribution is 2.31. The van der Waals surface area contributed by atoms with Gasteiger partial charge in [0, 0.05) is 13.1 Å². The molecule has 1 saturated carbocycles. The molecule has 0 amide bonds. The van der Waals surface area contributed by atoms with E-state index in [4.69, 9.17) is 5.11 Å². The minimum Gasteiger partial charge on any atom is -0.478 e. The largest absolute Gasteiger partial charge is 0.478 e. The molecule has 0 aromatic heterocycles. The summed E-state index contributed by atoms with van der Waals surface area (Å²) in [6.07, 6.45) is 1.54. The van der Waals surface area contributed by atoms with E-state index >= 15 is 0 Å². The number of carboxylic acids is 1. The Morgan fingerprint density at radius 1 is 1.44 bits per heavy atom. The summed E-state index contributed by atoms with van der Waals surface area (Å²) >= 11 is 0. The molecule has 0 heterocycles. The predicted molar refractivity (Wildman–Crippen MR) is 61.3 cm³/mol. The second-order valence-corrected chi connectivity index (χ2v) is 6.17. The average Bonchev–Trinajstić information content (AvgIpc) is 3.11. The van der Waals surface area contributed by atoms with Crippen LogP contribution in [0.15, 0.2) is 23.1 Å². The number of aromatic carboxylic acids is 1. The van der Waals surface area contributed by atoms with Crippen molar-refractivity contribution < 1.29 is 22.7 Å². The Morgan fingerprint density at radius 3 is 2.50 bits per heavy atom. The summed E-state index contributed by atoms with van der Waals surface area (Å²) in [4.78, 5) is 10.2. The molecule has 1 aliphatic rings. The molecule has 0 atom stereocenters. The van der Waals surface area contributed by atoms with Crippen molar-refractivity contribution in [2.24, 2.45) is 0 Å². The normalized spacial score (nSPS) is 15.9. The van der Waals surface area contributed by atoms with Crippen LogP contribution in [-0.4, -0.2) is 36.9 Å². The van der Waals surface area contributed by atoms with E-state index in [0.29, 0.717) is 0 Å². The van der Waals surface area contributed by atoms with Crippen LogP contribution in [0, 0.1) is 5.82 Å². The number of benzene rings is 1. The summed E-state index contributed by atoms with van der Waals surface area (Å²) in [6.45, 7) is 0.